The molecule has 2 N–H and O–H groups in total. The SMILES string of the molecule is O=C(NCc1ccc(Cl)cc1)NCC(c1ccco1)c1cccs1. The Morgan fingerprint density at radius 2 is 1.96 bits per heavy atom. The van der Waals surface area contributed by atoms with Crippen molar-refractivity contribution >= 4 is 29.0 Å². The van der Waals surface area contributed by atoms with Gasteiger partial charge in [-0.25, -0.2) is 4.79 Å². The van der Waals surface area contributed by atoms with E-state index < -0.39 is 0 Å². The van der Waals surface area contributed by atoms with E-state index >= 15 is 0 Å². The topological polar surface area (TPSA) is 54.3 Å². The predicted molar refractivity (Wildman–Crippen MR) is 96.6 cm³/mol. The molecule has 0 aliphatic carbocycles. The van der Waals surface area contributed by atoms with Gasteiger partial charge in [0.2, 0.25) is 0 Å². The minimum absolute atomic E-state index is 0.0151. The van der Waals surface area contributed by atoms with E-state index in [9.17, 15) is 4.79 Å². The molecule has 2 amide bonds. The summed E-state index contributed by atoms with van der Waals surface area (Å²) in [7, 11) is 0. The Morgan fingerprint density at radius 1 is 1.12 bits per heavy atom. The zero-order chi connectivity index (χ0) is 16.8. The van der Waals surface area contributed by atoms with Crippen LogP contribution < -0.4 is 10.6 Å². The summed E-state index contributed by atoms with van der Waals surface area (Å²) < 4.78 is 5.51. The Morgan fingerprint density at radius 3 is 2.62 bits per heavy atom. The number of amides is 2. The molecule has 2 aromatic heterocycles. The van der Waals surface area contributed by atoms with Gasteiger partial charge in [-0.3, -0.25) is 0 Å². The van der Waals surface area contributed by atoms with Gasteiger partial charge < -0.3 is 15.1 Å². The van der Waals surface area contributed by atoms with Gasteiger partial charge in [-0.15, -0.1) is 11.3 Å². The van der Waals surface area contributed by atoms with Crippen molar-refractivity contribution in [2.75, 3.05) is 6.54 Å². The Labute approximate surface area is 149 Å². The lowest BCUT2D eigenvalue weighted by Crippen LogP contribution is -2.37. The van der Waals surface area contributed by atoms with Crippen molar-refractivity contribution in [1.29, 1.82) is 0 Å². The highest BCUT2D eigenvalue weighted by molar-refractivity contribution is 7.10. The van der Waals surface area contributed by atoms with Gasteiger partial charge in [0.1, 0.15) is 5.76 Å². The number of hydrogen-bond acceptors (Lipinski definition) is 3. The fourth-order valence-electron chi connectivity index (χ4n) is 2.36. The number of hydrogen-bond donors (Lipinski definition) is 2. The molecular formula is C18H17ClN2O2S. The van der Waals surface area contributed by atoms with E-state index in [2.05, 4.69) is 10.6 Å². The summed E-state index contributed by atoms with van der Waals surface area (Å²) in [6, 6.07) is 15.0. The summed E-state index contributed by atoms with van der Waals surface area (Å²) in [6.45, 7) is 0.925. The van der Waals surface area contributed by atoms with Crippen LogP contribution in [0.2, 0.25) is 5.02 Å². The molecule has 124 valence electrons. The molecule has 1 aromatic carbocycles. The smallest absolute Gasteiger partial charge is 0.315 e. The summed E-state index contributed by atoms with van der Waals surface area (Å²) in [4.78, 5) is 13.2. The standard InChI is InChI=1S/C18H17ClN2O2S/c19-14-7-5-13(6-8-14)11-20-18(22)21-12-15(16-3-1-9-23-16)17-4-2-10-24-17/h1-10,15H,11-12H2,(H2,20,21,22). The average Bonchev–Trinajstić information content (AvgIpc) is 3.29. The molecular weight excluding hydrogens is 344 g/mol. The molecule has 0 aliphatic heterocycles. The first-order chi connectivity index (χ1) is 11.7. The largest absolute Gasteiger partial charge is 0.469 e. The highest BCUT2D eigenvalue weighted by Crippen LogP contribution is 2.28. The van der Waals surface area contributed by atoms with Crippen LogP contribution in [0.25, 0.3) is 0 Å². The van der Waals surface area contributed by atoms with E-state index in [0.717, 1.165) is 16.2 Å². The molecule has 0 fully saturated rings. The molecule has 0 saturated carbocycles. The second-order valence-electron chi connectivity index (χ2n) is 5.27. The van der Waals surface area contributed by atoms with Crippen LogP contribution in [0.3, 0.4) is 0 Å². The van der Waals surface area contributed by atoms with Crippen molar-refractivity contribution in [3.05, 3.63) is 81.4 Å². The van der Waals surface area contributed by atoms with E-state index in [-0.39, 0.29) is 11.9 Å². The number of carbonyl (C=O) groups excluding carboxylic acids is 1. The molecule has 2 heterocycles. The second kappa shape index (κ2) is 8.04. The summed E-state index contributed by atoms with van der Waals surface area (Å²) >= 11 is 7.50. The molecule has 3 aromatic rings. The van der Waals surface area contributed by atoms with Crippen molar-refractivity contribution in [1.82, 2.24) is 10.6 Å². The normalized spacial score (nSPS) is 11.9. The predicted octanol–water partition coefficient (Wildman–Crippen LogP) is 4.63. The van der Waals surface area contributed by atoms with E-state index in [1.54, 1.807) is 29.7 Å². The van der Waals surface area contributed by atoms with E-state index in [0.29, 0.717) is 18.1 Å². The van der Waals surface area contributed by atoms with E-state index in [1.165, 1.54) is 0 Å². The molecule has 3 rings (SSSR count). The number of furan rings is 1. The number of benzene rings is 1. The third kappa shape index (κ3) is 4.40. The van der Waals surface area contributed by atoms with Gasteiger partial charge in [0.25, 0.3) is 0 Å². The van der Waals surface area contributed by atoms with E-state index in [4.69, 9.17) is 16.0 Å². The molecule has 6 heteroatoms. The molecule has 0 radical (unpaired) electrons. The maximum Gasteiger partial charge on any atom is 0.315 e. The molecule has 1 atom stereocenters. The van der Waals surface area contributed by atoms with Gasteiger partial charge in [-0.2, -0.15) is 0 Å². The lowest BCUT2D eigenvalue weighted by atomic mass is 10.1. The average molecular weight is 361 g/mol. The quantitative estimate of drug-likeness (QED) is 0.673. The first-order valence-corrected chi connectivity index (χ1v) is 8.81. The highest BCUT2D eigenvalue weighted by Gasteiger charge is 2.18. The van der Waals surface area contributed by atoms with Crippen molar-refractivity contribution < 1.29 is 9.21 Å². The Bertz CT molecular complexity index is 721. The molecule has 0 bridgehead atoms. The van der Waals surface area contributed by atoms with E-state index in [1.807, 2.05) is 41.8 Å². The Hall–Kier alpha value is -2.24. The van der Waals surface area contributed by atoms with Gasteiger partial charge in [0, 0.05) is 23.0 Å². The summed E-state index contributed by atoms with van der Waals surface area (Å²) in [5.41, 5.74) is 0.996. The number of nitrogens with one attached hydrogen (secondary N) is 2. The van der Waals surface area contributed by atoms with Crippen LogP contribution in [0.15, 0.2) is 64.6 Å². The van der Waals surface area contributed by atoms with Crippen molar-refractivity contribution in [3.63, 3.8) is 0 Å². The molecule has 1 unspecified atom stereocenters. The maximum absolute atomic E-state index is 12.1. The highest BCUT2D eigenvalue weighted by atomic mass is 35.5. The Kier molecular flexibility index (Phi) is 5.56. The number of carbonyl (C=O) groups is 1. The number of rotatable bonds is 6. The lowest BCUT2D eigenvalue weighted by Gasteiger charge is -2.14. The van der Waals surface area contributed by atoms with Crippen LogP contribution in [0.4, 0.5) is 4.79 Å². The number of urea groups is 1. The van der Waals surface area contributed by atoms with Crippen LogP contribution in [0.1, 0.15) is 22.1 Å². The minimum atomic E-state index is -0.210. The van der Waals surface area contributed by atoms with Gasteiger partial charge >= 0.3 is 6.03 Å². The minimum Gasteiger partial charge on any atom is -0.469 e. The first kappa shape index (κ1) is 16.6. The molecule has 4 nitrogen and oxygen atoms in total. The van der Waals surface area contributed by atoms with Crippen LogP contribution in [0, 0.1) is 0 Å². The zero-order valence-electron chi connectivity index (χ0n) is 12.9. The van der Waals surface area contributed by atoms with Crippen molar-refractivity contribution in [2.45, 2.75) is 12.5 Å². The third-order valence-electron chi connectivity index (χ3n) is 3.61. The molecule has 0 aliphatic rings. The monoisotopic (exact) mass is 360 g/mol. The van der Waals surface area contributed by atoms with Crippen LogP contribution >= 0.6 is 22.9 Å². The Balaban J connectivity index is 1.54. The molecule has 24 heavy (non-hydrogen) atoms. The third-order valence-corrected chi connectivity index (χ3v) is 4.84. The first-order valence-electron chi connectivity index (χ1n) is 7.55. The second-order valence-corrected chi connectivity index (χ2v) is 6.69. The number of halogens is 1. The van der Waals surface area contributed by atoms with Gasteiger partial charge in [0.05, 0.1) is 12.2 Å². The van der Waals surface area contributed by atoms with Crippen LogP contribution in [-0.2, 0) is 6.54 Å². The fourth-order valence-corrected chi connectivity index (χ4v) is 3.32. The van der Waals surface area contributed by atoms with Crippen molar-refractivity contribution in [3.8, 4) is 0 Å². The van der Waals surface area contributed by atoms with Crippen molar-refractivity contribution in [2.24, 2.45) is 0 Å². The zero-order valence-corrected chi connectivity index (χ0v) is 14.4. The van der Waals surface area contributed by atoms with Gasteiger partial charge in [-0.05, 0) is 41.3 Å². The maximum atomic E-state index is 12.1. The summed E-state index contributed by atoms with van der Waals surface area (Å²) in [5, 5.41) is 8.46. The van der Waals surface area contributed by atoms with Crippen LogP contribution in [-0.4, -0.2) is 12.6 Å². The van der Waals surface area contributed by atoms with Crippen LogP contribution in [0.5, 0.6) is 0 Å². The van der Waals surface area contributed by atoms with Gasteiger partial charge in [-0.1, -0.05) is 29.8 Å². The summed E-state index contributed by atoms with van der Waals surface area (Å²) in [6.07, 6.45) is 1.65. The number of thiophene rings is 1. The molecule has 0 saturated heterocycles. The lowest BCUT2D eigenvalue weighted by molar-refractivity contribution is 0.240. The fraction of sp³-hybridized carbons (Fsp3) is 0.167. The summed E-state index contributed by atoms with van der Waals surface area (Å²) in [5.74, 6) is 0.858. The van der Waals surface area contributed by atoms with Gasteiger partial charge in [0.15, 0.2) is 0 Å². The molecule has 0 spiro atoms.